The van der Waals surface area contributed by atoms with Crippen molar-refractivity contribution >= 4 is 72.9 Å². The van der Waals surface area contributed by atoms with E-state index in [1.165, 1.54) is 33.8 Å². The molecule has 1 saturated heterocycles. The summed E-state index contributed by atoms with van der Waals surface area (Å²) in [6, 6.07) is 9.69. The summed E-state index contributed by atoms with van der Waals surface area (Å²) < 4.78 is 27.3. The molecular weight excluding hydrogens is 508 g/mol. The van der Waals surface area contributed by atoms with Crippen LogP contribution in [0, 0.1) is 0 Å². The molecule has 11 heteroatoms. The van der Waals surface area contributed by atoms with Crippen LogP contribution in [0.4, 0.5) is 5.13 Å². The molecule has 0 amide bonds. The van der Waals surface area contributed by atoms with Gasteiger partial charge in [-0.2, -0.15) is 4.31 Å². The quantitative estimate of drug-likeness (QED) is 0.425. The minimum absolute atomic E-state index is 0.0657. The maximum absolute atomic E-state index is 13.0. The smallest absolute Gasteiger partial charge is 0.244 e. The second-order valence-electron chi connectivity index (χ2n) is 6.61. The number of nitrogens with zero attached hydrogens (tertiary/aromatic N) is 3. The third-order valence-corrected chi connectivity index (χ3v) is 8.79. The molecule has 2 aromatic carbocycles. The van der Waals surface area contributed by atoms with E-state index in [2.05, 4.69) is 9.88 Å². The Morgan fingerprint density at radius 3 is 2.13 bits per heavy atom. The van der Waals surface area contributed by atoms with E-state index in [1.807, 2.05) is 11.4 Å². The van der Waals surface area contributed by atoms with Crippen LogP contribution in [0.5, 0.6) is 0 Å². The lowest BCUT2D eigenvalue weighted by molar-refractivity contribution is 0.385. The van der Waals surface area contributed by atoms with Crippen LogP contribution in [0.25, 0.3) is 11.3 Å². The molecule has 30 heavy (non-hydrogen) atoms. The number of piperazine rings is 1. The fourth-order valence-electron chi connectivity index (χ4n) is 3.17. The lowest BCUT2D eigenvalue weighted by Crippen LogP contribution is -2.48. The van der Waals surface area contributed by atoms with E-state index in [0.717, 1.165) is 16.4 Å². The van der Waals surface area contributed by atoms with Gasteiger partial charge < -0.3 is 4.90 Å². The van der Waals surface area contributed by atoms with Gasteiger partial charge in [0.25, 0.3) is 0 Å². The molecule has 1 fully saturated rings. The van der Waals surface area contributed by atoms with E-state index in [-0.39, 0.29) is 9.92 Å². The molecule has 3 aromatic rings. The third-order valence-electron chi connectivity index (χ3n) is 4.72. The zero-order valence-corrected chi connectivity index (χ0v) is 20.0. The van der Waals surface area contributed by atoms with Crippen LogP contribution in [0.2, 0.25) is 20.1 Å². The van der Waals surface area contributed by atoms with Crippen LogP contribution in [0.15, 0.2) is 46.7 Å². The summed E-state index contributed by atoms with van der Waals surface area (Å²) in [4.78, 5) is 6.81. The summed E-state index contributed by atoms with van der Waals surface area (Å²) in [6.07, 6.45) is 0. The van der Waals surface area contributed by atoms with Crippen LogP contribution >= 0.6 is 57.7 Å². The van der Waals surface area contributed by atoms with Gasteiger partial charge in [0, 0.05) is 47.2 Å². The van der Waals surface area contributed by atoms with Crippen molar-refractivity contribution in [2.45, 2.75) is 4.90 Å². The zero-order chi connectivity index (χ0) is 21.5. The second-order valence-corrected chi connectivity index (χ2v) is 11.0. The SMILES string of the molecule is O=S(=O)(c1ccc(Cl)cc1Cl)N1CCN(c2nc(-c3ccc(Cl)cc3Cl)cs2)CC1. The predicted octanol–water partition coefficient (Wildman–Crippen LogP) is 5.93. The summed E-state index contributed by atoms with van der Waals surface area (Å²) in [5.74, 6) is 0. The molecule has 0 unspecified atom stereocenters. The maximum atomic E-state index is 13.0. The molecule has 0 spiro atoms. The summed E-state index contributed by atoms with van der Waals surface area (Å²) in [7, 11) is -3.69. The molecular formula is C19H15Cl4N3O2S2. The second kappa shape index (κ2) is 8.82. The van der Waals surface area contributed by atoms with Crippen molar-refractivity contribution in [1.29, 1.82) is 0 Å². The van der Waals surface area contributed by atoms with Gasteiger partial charge in [0.2, 0.25) is 10.0 Å². The van der Waals surface area contributed by atoms with Crippen molar-refractivity contribution in [1.82, 2.24) is 9.29 Å². The van der Waals surface area contributed by atoms with Gasteiger partial charge in [0.15, 0.2) is 5.13 Å². The fourth-order valence-corrected chi connectivity index (χ4v) is 6.73. The molecule has 0 radical (unpaired) electrons. The Labute approximate surface area is 198 Å². The predicted molar refractivity (Wildman–Crippen MR) is 125 cm³/mol. The topological polar surface area (TPSA) is 53.5 Å². The number of aromatic nitrogens is 1. The Morgan fingerprint density at radius 2 is 1.50 bits per heavy atom. The van der Waals surface area contributed by atoms with Gasteiger partial charge in [-0.25, -0.2) is 13.4 Å². The zero-order valence-electron chi connectivity index (χ0n) is 15.4. The standard InChI is InChI=1S/C19H15Cl4N3O2S2/c20-12-1-3-14(15(22)9-12)17-11-29-19(24-17)25-5-7-26(8-6-25)30(27,28)18-4-2-13(21)10-16(18)23/h1-4,9-11H,5-8H2. The number of halogens is 4. The van der Waals surface area contributed by atoms with E-state index in [9.17, 15) is 8.42 Å². The van der Waals surface area contributed by atoms with Crippen molar-refractivity contribution in [2.75, 3.05) is 31.1 Å². The number of benzene rings is 2. The lowest BCUT2D eigenvalue weighted by atomic mass is 10.2. The van der Waals surface area contributed by atoms with E-state index in [0.29, 0.717) is 41.2 Å². The average Bonchev–Trinajstić information content (AvgIpc) is 3.17. The monoisotopic (exact) mass is 521 g/mol. The van der Waals surface area contributed by atoms with Crippen LogP contribution in [-0.4, -0.2) is 43.9 Å². The van der Waals surface area contributed by atoms with Gasteiger partial charge >= 0.3 is 0 Å². The number of hydrogen-bond acceptors (Lipinski definition) is 5. The van der Waals surface area contributed by atoms with Crippen LogP contribution in [-0.2, 0) is 10.0 Å². The number of hydrogen-bond donors (Lipinski definition) is 0. The highest BCUT2D eigenvalue weighted by Crippen LogP contribution is 2.34. The van der Waals surface area contributed by atoms with Crippen molar-refractivity contribution in [3.8, 4) is 11.3 Å². The van der Waals surface area contributed by atoms with Gasteiger partial charge in [0.1, 0.15) is 4.90 Å². The highest BCUT2D eigenvalue weighted by atomic mass is 35.5. The molecule has 0 bridgehead atoms. The van der Waals surface area contributed by atoms with Gasteiger partial charge in [0.05, 0.1) is 15.7 Å². The largest absolute Gasteiger partial charge is 0.345 e. The first-order valence-electron chi connectivity index (χ1n) is 8.87. The first kappa shape index (κ1) is 22.1. The van der Waals surface area contributed by atoms with E-state index < -0.39 is 10.0 Å². The Morgan fingerprint density at radius 1 is 0.867 bits per heavy atom. The van der Waals surface area contributed by atoms with E-state index in [1.54, 1.807) is 12.1 Å². The highest BCUT2D eigenvalue weighted by molar-refractivity contribution is 7.89. The molecule has 1 aliphatic heterocycles. The van der Waals surface area contributed by atoms with Crippen LogP contribution in [0.1, 0.15) is 0 Å². The number of anilines is 1. The van der Waals surface area contributed by atoms with E-state index in [4.69, 9.17) is 46.4 Å². The first-order valence-corrected chi connectivity index (χ1v) is 12.7. The first-order chi connectivity index (χ1) is 14.3. The number of rotatable bonds is 4. The van der Waals surface area contributed by atoms with Crippen molar-refractivity contribution < 1.29 is 8.42 Å². The molecule has 2 heterocycles. The van der Waals surface area contributed by atoms with Crippen molar-refractivity contribution in [3.63, 3.8) is 0 Å². The molecule has 0 N–H and O–H groups in total. The van der Waals surface area contributed by atoms with Crippen LogP contribution < -0.4 is 4.90 Å². The Hall–Kier alpha value is -1.06. The number of thiazole rings is 1. The van der Waals surface area contributed by atoms with Gasteiger partial charge in [-0.1, -0.05) is 46.4 Å². The van der Waals surface area contributed by atoms with Gasteiger partial charge in [-0.15, -0.1) is 11.3 Å². The van der Waals surface area contributed by atoms with Crippen LogP contribution in [0.3, 0.4) is 0 Å². The molecule has 0 atom stereocenters. The Balaban J connectivity index is 1.48. The van der Waals surface area contributed by atoms with Gasteiger partial charge in [-0.3, -0.25) is 0 Å². The minimum atomic E-state index is -3.69. The molecule has 158 valence electrons. The van der Waals surface area contributed by atoms with E-state index >= 15 is 0 Å². The van der Waals surface area contributed by atoms with Crippen molar-refractivity contribution in [3.05, 3.63) is 61.9 Å². The minimum Gasteiger partial charge on any atom is -0.345 e. The molecule has 5 nitrogen and oxygen atoms in total. The van der Waals surface area contributed by atoms with Crippen molar-refractivity contribution in [2.24, 2.45) is 0 Å². The molecule has 4 rings (SSSR count). The third kappa shape index (κ3) is 4.43. The fraction of sp³-hybridized carbons (Fsp3) is 0.211. The number of sulfonamides is 1. The Kier molecular flexibility index (Phi) is 6.51. The lowest BCUT2D eigenvalue weighted by Gasteiger charge is -2.33. The summed E-state index contributed by atoms with van der Waals surface area (Å²) >= 11 is 25.7. The maximum Gasteiger partial charge on any atom is 0.244 e. The normalized spacial score (nSPS) is 15.5. The molecule has 0 aliphatic carbocycles. The molecule has 0 saturated carbocycles. The summed E-state index contributed by atoms with van der Waals surface area (Å²) in [5.41, 5.74) is 1.57. The molecule has 1 aromatic heterocycles. The Bertz CT molecular complexity index is 1190. The molecule has 1 aliphatic rings. The average molecular weight is 523 g/mol. The summed E-state index contributed by atoms with van der Waals surface area (Å²) in [6.45, 7) is 1.70. The summed E-state index contributed by atoms with van der Waals surface area (Å²) in [5, 5.41) is 4.37. The van der Waals surface area contributed by atoms with Gasteiger partial charge in [-0.05, 0) is 36.4 Å². The highest BCUT2D eigenvalue weighted by Gasteiger charge is 2.31.